The van der Waals surface area contributed by atoms with Gasteiger partial charge in [0, 0.05) is 6.04 Å². The molecule has 6 heteroatoms. The van der Waals surface area contributed by atoms with E-state index < -0.39 is 0 Å². The van der Waals surface area contributed by atoms with E-state index in [4.69, 9.17) is 5.26 Å². The number of rotatable bonds is 5. The topological polar surface area (TPSA) is 61.6 Å². The number of anilines is 1. The van der Waals surface area contributed by atoms with Crippen molar-refractivity contribution in [3.63, 3.8) is 0 Å². The third-order valence-electron chi connectivity index (χ3n) is 1.65. The first kappa shape index (κ1) is 11.3. The number of aromatic nitrogens is 2. The molecule has 0 spiro atoms. The Hall–Kier alpha value is -0.800. The molecule has 1 aromatic rings. The minimum atomic E-state index is 0.414. The van der Waals surface area contributed by atoms with E-state index in [1.807, 2.05) is 0 Å². The van der Waals surface area contributed by atoms with Gasteiger partial charge in [-0.3, -0.25) is 0 Å². The van der Waals surface area contributed by atoms with Crippen molar-refractivity contribution < 1.29 is 0 Å². The van der Waals surface area contributed by atoms with Crippen molar-refractivity contribution in [2.45, 2.75) is 30.6 Å². The molecule has 0 saturated heterocycles. The normalized spacial score (nSPS) is 12.1. The third kappa shape index (κ3) is 3.52. The van der Waals surface area contributed by atoms with E-state index in [0.717, 1.165) is 15.9 Å². The Morgan fingerprint density at radius 2 is 2.43 bits per heavy atom. The number of hydrogen-bond acceptors (Lipinski definition) is 6. The second-order valence-corrected chi connectivity index (χ2v) is 4.97. The van der Waals surface area contributed by atoms with Crippen LogP contribution < -0.4 is 5.32 Å². The zero-order chi connectivity index (χ0) is 10.4. The summed E-state index contributed by atoms with van der Waals surface area (Å²) in [5, 5.41) is 20.4. The van der Waals surface area contributed by atoms with Gasteiger partial charge in [0.1, 0.15) is 0 Å². The Bertz CT molecular complexity index is 317. The van der Waals surface area contributed by atoms with Crippen LogP contribution in [0.2, 0.25) is 0 Å². The van der Waals surface area contributed by atoms with Crippen molar-refractivity contribution in [2.75, 3.05) is 11.1 Å². The summed E-state index contributed by atoms with van der Waals surface area (Å²) in [6, 6.07) is 2.47. The summed E-state index contributed by atoms with van der Waals surface area (Å²) < 4.78 is 0.845. The van der Waals surface area contributed by atoms with Gasteiger partial charge in [-0.2, -0.15) is 5.26 Å². The maximum absolute atomic E-state index is 8.39. The molecular weight excluding hydrogens is 216 g/mol. The quantitative estimate of drug-likeness (QED) is 0.784. The number of hydrogen-bond donors (Lipinski definition) is 1. The number of nitriles is 1. The average molecular weight is 228 g/mol. The van der Waals surface area contributed by atoms with Crippen LogP contribution in [0.5, 0.6) is 0 Å². The van der Waals surface area contributed by atoms with Crippen molar-refractivity contribution in [3.05, 3.63) is 0 Å². The van der Waals surface area contributed by atoms with Gasteiger partial charge in [0.25, 0.3) is 0 Å². The second kappa shape index (κ2) is 5.83. The molecule has 0 aromatic carbocycles. The highest BCUT2D eigenvalue weighted by Crippen LogP contribution is 2.25. The van der Waals surface area contributed by atoms with Gasteiger partial charge in [0.15, 0.2) is 4.34 Å². The molecular formula is C8H12N4S2. The highest BCUT2D eigenvalue weighted by molar-refractivity contribution is 8.01. The highest BCUT2D eigenvalue weighted by atomic mass is 32.2. The molecule has 1 unspecified atom stereocenters. The van der Waals surface area contributed by atoms with Gasteiger partial charge in [-0.25, -0.2) is 0 Å². The first-order chi connectivity index (χ1) is 6.76. The Labute approximate surface area is 91.7 Å². The fourth-order valence-electron chi connectivity index (χ4n) is 0.733. The molecule has 4 nitrogen and oxygen atoms in total. The van der Waals surface area contributed by atoms with E-state index in [2.05, 4.69) is 35.4 Å². The van der Waals surface area contributed by atoms with E-state index in [1.54, 1.807) is 0 Å². The average Bonchev–Trinajstić information content (AvgIpc) is 2.62. The Kier molecular flexibility index (Phi) is 4.70. The molecule has 0 aliphatic rings. The van der Waals surface area contributed by atoms with Crippen LogP contribution in [-0.2, 0) is 0 Å². The van der Waals surface area contributed by atoms with Crippen LogP contribution in [-0.4, -0.2) is 22.0 Å². The molecule has 0 saturated carbocycles. The highest BCUT2D eigenvalue weighted by Gasteiger charge is 2.06. The SMILES string of the molecule is CCC(C)Nc1nnc(SCC#N)s1. The molecule has 0 fully saturated rings. The minimum absolute atomic E-state index is 0.414. The van der Waals surface area contributed by atoms with Crippen molar-refractivity contribution in [3.8, 4) is 6.07 Å². The van der Waals surface area contributed by atoms with E-state index in [-0.39, 0.29) is 0 Å². The van der Waals surface area contributed by atoms with Gasteiger partial charge < -0.3 is 5.32 Å². The lowest BCUT2D eigenvalue weighted by Crippen LogP contribution is -2.12. The maximum Gasteiger partial charge on any atom is 0.206 e. The number of nitrogens with one attached hydrogen (secondary N) is 1. The van der Waals surface area contributed by atoms with Gasteiger partial charge >= 0.3 is 0 Å². The summed E-state index contributed by atoms with van der Waals surface area (Å²) in [5.74, 6) is 0.429. The lowest BCUT2D eigenvalue weighted by molar-refractivity contribution is 0.759. The second-order valence-electron chi connectivity index (χ2n) is 2.77. The summed E-state index contributed by atoms with van der Waals surface area (Å²) in [5.41, 5.74) is 0. The summed E-state index contributed by atoms with van der Waals surface area (Å²) in [7, 11) is 0. The molecule has 1 aromatic heterocycles. The smallest absolute Gasteiger partial charge is 0.206 e. The molecule has 0 bridgehead atoms. The number of nitrogens with zero attached hydrogens (tertiary/aromatic N) is 3. The van der Waals surface area contributed by atoms with E-state index in [1.165, 1.54) is 23.1 Å². The van der Waals surface area contributed by atoms with E-state index in [0.29, 0.717) is 11.8 Å². The van der Waals surface area contributed by atoms with Gasteiger partial charge in [0.2, 0.25) is 5.13 Å². The van der Waals surface area contributed by atoms with Gasteiger partial charge in [0.05, 0.1) is 11.8 Å². The standard InChI is InChI=1S/C8H12N4S2/c1-3-6(2)10-7-11-12-8(14-7)13-5-4-9/h6H,3,5H2,1-2H3,(H,10,11). The van der Waals surface area contributed by atoms with Crippen molar-refractivity contribution >= 4 is 28.2 Å². The molecule has 0 radical (unpaired) electrons. The third-order valence-corrected chi connectivity index (χ3v) is 3.50. The fourth-order valence-corrected chi connectivity index (χ4v) is 2.26. The van der Waals surface area contributed by atoms with Crippen molar-refractivity contribution in [2.24, 2.45) is 0 Å². The molecule has 76 valence electrons. The van der Waals surface area contributed by atoms with Gasteiger partial charge in [-0.1, -0.05) is 30.0 Å². The first-order valence-corrected chi connectivity index (χ1v) is 6.16. The van der Waals surface area contributed by atoms with Crippen LogP contribution in [0.15, 0.2) is 4.34 Å². The lowest BCUT2D eigenvalue weighted by Gasteiger charge is -2.07. The Morgan fingerprint density at radius 1 is 1.64 bits per heavy atom. The zero-order valence-corrected chi connectivity index (χ0v) is 9.78. The Balaban J connectivity index is 2.47. The van der Waals surface area contributed by atoms with Crippen LogP contribution in [0.25, 0.3) is 0 Å². The molecule has 14 heavy (non-hydrogen) atoms. The summed E-state index contributed by atoms with van der Waals surface area (Å²) in [6.45, 7) is 4.22. The predicted molar refractivity (Wildman–Crippen MR) is 59.6 cm³/mol. The van der Waals surface area contributed by atoms with E-state index >= 15 is 0 Å². The van der Waals surface area contributed by atoms with Gasteiger partial charge in [-0.15, -0.1) is 10.2 Å². The maximum atomic E-state index is 8.39. The molecule has 0 aliphatic carbocycles. The molecule has 1 rings (SSSR count). The Morgan fingerprint density at radius 3 is 3.07 bits per heavy atom. The predicted octanol–water partition coefficient (Wildman–Crippen LogP) is 2.36. The van der Waals surface area contributed by atoms with Crippen LogP contribution in [0, 0.1) is 11.3 Å². The molecule has 1 heterocycles. The first-order valence-electron chi connectivity index (χ1n) is 4.36. The fraction of sp³-hybridized carbons (Fsp3) is 0.625. The van der Waals surface area contributed by atoms with Crippen LogP contribution in [0.1, 0.15) is 20.3 Å². The van der Waals surface area contributed by atoms with Crippen LogP contribution in [0.4, 0.5) is 5.13 Å². The van der Waals surface area contributed by atoms with E-state index in [9.17, 15) is 0 Å². The zero-order valence-electron chi connectivity index (χ0n) is 8.15. The van der Waals surface area contributed by atoms with Crippen LogP contribution in [0.3, 0.4) is 0 Å². The monoisotopic (exact) mass is 228 g/mol. The molecule has 0 aliphatic heterocycles. The number of thioether (sulfide) groups is 1. The minimum Gasteiger partial charge on any atom is -0.358 e. The summed E-state index contributed by atoms with van der Waals surface area (Å²) >= 11 is 2.91. The lowest BCUT2D eigenvalue weighted by atomic mass is 10.3. The van der Waals surface area contributed by atoms with Gasteiger partial charge in [-0.05, 0) is 13.3 Å². The largest absolute Gasteiger partial charge is 0.358 e. The van der Waals surface area contributed by atoms with Crippen molar-refractivity contribution in [1.82, 2.24) is 10.2 Å². The molecule has 1 N–H and O–H groups in total. The summed E-state index contributed by atoms with van der Waals surface area (Å²) in [4.78, 5) is 0. The summed E-state index contributed by atoms with van der Waals surface area (Å²) in [6.07, 6.45) is 1.06. The van der Waals surface area contributed by atoms with Crippen molar-refractivity contribution in [1.29, 1.82) is 5.26 Å². The van der Waals surface area contributed by atoms with Crippen LogP contribution >= 0.6 is 23.1 Å². The molecule has 0 amide bonds. The molecule has 1 atom stereocenters.